The summed E-state index contributed by atoms with van der Waals surface area (Å²) in [6.07, 6.45) is 0. The minimum absolute atomic E-state index is 0. The maximum Gasteiger partial charge on any atom is 3.00 e. The second-order valence-electron chi connectivity index (χ2n) is 17.5. The van der Waals surface area contributed by atoms with Crippen molar-refractivity contribution in [1.82, 2.24) is 15.0 Å². The summed E-state index contributed by atoms with van der Waals surface area (Å²) >= 11 is 0. The van der Waals surface area contributed by atoms with E-state index in [9.17, 15) is 0 Å². The van der Waals surface area contributed by atoms with Gasteiger partial charge in [0.05, 0.1) is 0 Å². The Morgan fingerprint density at radius 2 is 0.475 bits per heavy atom. The van der Waals surface area contributed by atoms with Gasteiger partial charge in [-0.3, -0.25) is 0 Å². The molecule has 7 heteroatoms. The first-order chi connectivity index (χ1) is 28.5. The molecule has 322 valence electrons. The maximum atomic E-state index is 4.83. The van der Waals surface area contributed by atoms with Crippen LogP contribution in [-0.2, 0) is 0 Å². The van der Waals surface area contributed by atoms with Crippen LogP contribution in [0.2, 0.25) is 0 Å². The van der Waals surface area contributed by atoms with E-state index in [4.69, 9.17) is 16.0 Å². The molecular formula is C54H69EuN6. The van der Waals surface area contributed by atoms with Crippen molar-refractivity contribution in [2.24, 2.45) is 0 Å². The Bertz CT molecular complexity index is 1940. The number of pyridine rings is 3. The first-order valence-corrected chi connectivity index (χ1v) is 21.8. The third-order valence-electron chi connectivity index (χ3n) is 10.3. The molecule has 0 spiro atoms. The summed E-state index contributed by atoms with van der Waals surface area (Å²) in [7, 11) is 0. The standard InChI is InChI=1S/3C18H23N2.Eu/c3*1-12(2)15-9-7-10-16(13(3)4)18(15)20-17-11-6-8-14(5)19-17;/h3*6-13H,1-5H3;/q3*-1;+3. The van der Waals surface area contributed by atoms with E-state index < -0.39 is 0 Å². The van der Waals surface area contributed by atoms with Gasteiger partial charge < -0.3 is 30.9 Å². The van der Waals surface area contributed by atoms with Gasteiger partial charge in [-0.1, -0.05) is 227 Å². The van der Waals surface area contributed by atoms with Crippen molar-refractivity contribution in [2.45, 2.75) is 139 Å². The fourth-order valence-corrected chi connectivity index (χ4v) is 7.04. The molecule has 3 aromatic carbocycles. The predicted octanol–water partition coefficient (Wildman–Crippen LogP) is 17.9. The Morgan fingerprint density at radius 1 is 0.295 bits per heavy atom. The van der Waals surface area contributed by atoms with Gasteiger partial charge in [-0.2, -0.15) is 0 Å². The average Bonchev–Trinajstić information content (AvgIpc) is 3.18. The van der Waals surface area contributed by atoms with Gasteiger partial charge in [0.1, 0.15) is 0 Å². The van der Waals surface area contributed by atoms with Crippen molar-refractivity contribution >= 4 is 34.5 Å². The summed E-state index contributed by atoms with van der Waals surface area (Å²) in [5, 5.41) is 14.5. The number of hydrogen-bond acceptors (Lipinski definition) is 3. The molecule has 0 atom stereocenters. The molecule has 0 saturated heterocycles. The molecule has 3 heterocycles. The Hall–Kier alpha value is -3.91. The molecule has 0 unspecified atom stereocenters. The molecule has 61 heavy (non-hydrogen) atoms. The maximum absolute atomic E-state index is 4.83. The van der Waals surface area contributed by atoms with E-state index in [1.54, 1.807) is 0 Å². The molecule has 6 nitrogen and oxygen atoms in total. The Labute approximate surface area is 410 Å². The van der Waals surface area contributed by atoms with Gasteiger partial charge in [0, 0.05) is 0 Å². The molecule has 0 bridgehead atoms. The van der Waals surface area contributed by atoms with Gasteiger partial charge >= 0.3 is 49.4 Å². The van der Waals surface area contributed by atoms with E-state index in [0.717, 1.165) is 51.6 Å². The van der Waals surface area contributed by atoms with Gasteiger partial charge in [-0.15, -0.1) is 0 Å². The van der Waals surface area contributed by atoms with Gasteiger partial charge in [-0.05, 0) is 107 Å². The third-order valence-corrected chi connectivity index (χ3v) is 10.3. The molecule has 0 amide bonds. The van der Waals surface area contributed by atoms with E-state index in [-0.39, 0.29) is 49.4 Å². The molecule has 6 aromatic rings. The van der Waals surface area contributed by atoms with Crippen molar-refractivity contribution < 1.29 is 49.4 Å². The zero-order valence-electron chi connectivity index (χ0n) is 39.4. The van der Waals surface area contributed by atoms with E-state index in [2.05, 4.69) is 153 Å². The summed E-state index contributed by atoms with van der Waals surface area (Å²) < 4.78 is 0. The molecule has 0 aliphatic rings. The molecule has 0 saturated carbocycles. The molecule has 0 aliphatic carbocycles. The number of aromatic nitrogens is 3. The molecule has 6 rings (SSSR count). The number of nitrogens with zero attached hydrogens (tertiary/aromatic N) is 6. The minimum Gasteiger partial charge on any atom is -0.440 e. The third kappa shape index (κ3) is 15.1. The predicted molar refractivity (Wildman–Crippen MR) is 259 cm³/mol. The Kier molecular flexibility index (Phi) is 20.8. The SMILES string of the molecule is Cc1cccc([N-]c2c(C(C)C)cccc2C(C)C)n1.Cc1cccc([N-]c2c(C(C)C)cccc2C(C)C)n1.Cc1cccc([N-]c2c(C(C)C)cccc2C(C)C)n1.[Eu+3]. The van der Waals surface area contributed by atoms with Gasteiger partial charge in [0.25, 0.3) is 0 Å². The van der Waals surface area contributed by atoms with Crippen molar-refractivity contribution in [3.8, 4) is 0 Å². The quantitative estimate of drug-likeness (QED) is 0.123. The van der Waals surface area contributed by atoms with Crippen LogP contribution in [0.3, 0.4) is 0 Å². The van der Waals surface area contributed by atoms with E-state index in [1.165, 1.54) is 33.4 Å². The average molecular weight is 954 g/mol. The normalized spacial score (nSPS) is 11.0. The zero-order chi connectivity index (χ0) is 44.1. The topological polar surface area (TPSA) is 81.0 Å². The Balaban J connectivity index is 0.000000242. The smallest absolute Gasteiger partial charge is 0.440 e. The van der Waals surface area contributed by atoms with Crippen LogP contribution >= 0.6 is 0 Å². The second kappa shape index (κ2) is 24.7. The van der Waals surface area contributed by atoms with Crippen LogP contribution in [-0.4, -0.2) is 15.0 Å². The molecule has 0 radical (unpaired) electrons. The zero-order valence-corrected chi connectivity index (χ0v) is 41.8. The minimum atomic E-state index is 0. The largest absolute Gasteiger partial charge is 3.00 e. The number of hydrogen-bond donors (Lipinski definition) is 0. The van der Waals surface area contributed by atoms with Crippen molar-refractivity contribution in [1.29, 1.82) is 0 Å². The fraction of sp³-hybridized carbons (Fsp3) is 0.389. The van der Waals surface area contributed by atoms with Crippen LogP contribution < -0.4 is 0 Å². The summed E-state index contributed by atoms with van der Waals surface area (Å²) in [5.74, 6) is 5.11. The summed E-state index contributed by atoms with van der Waals surface area (Å²) in [6, 6.07) is 37.3. The van der Waals surface area contributed by atoms with Crippen molar-refractivity contribution in [3.05, 3.63) is 176 Å². The van der Waals surface area contributed by atoms with Crippen LogP contribution in [0, 0.1) is 70.1 Å². The summed E-state index contributed by atoms with van der Waals surface area (Å²) in [5.41, 5.74) is 14.0. The van der Waals surface area contributed by atoms with Crippen LogP contribution in [0.15, 0.2) is 109 Å². The van der Waals surface area contributed by atoms with Crippen LogP contribution in [0.5, 0.6) is 0 Å². The first-order valence-electron chi connectivity index (χ1n) is 21.8. The summed E-state index contributed by atoms with van der Waals surface area (Å²) in [6.45, 7) is 32.5. The monoisotopic (exact) mass is 954 g/mol. The molecule has 0 N–H and O–H groups in total. The first kappa shape index (κ1) is 51.4. The van der Waals surface area contributed by atoms with E-state index >= 15 is 0 Å². The van der Waals surface area contributed by atoms with Crippen molar-refractivity contribution in [2.75, 3.05) is 0 Å². The van der Waals surface area contributed by atoms with Gasteiger partial charge in [0.15, 0.2) is 0 Å². The number of rotatable bonds is 12. The fourth-order valence-electron chi connectivity index (χ4n) is 7.04. The van der Waals surface area contributed by atoms with Crippen LogP contribution in [0.1, 0.15) is 169 Å². The number of benzene rings is 3. The van der Waals surface area contributed by atoms with Crippen molar-refractivity contribution in [3.63, 3.8) is 0 Å². The number of para-hydroxylation sites is 3. The van der Waals surface area contributed by atoms with Gasteiger partial charge in [0.2, 0.25) is 0 Å². The molecule has 0 fully saturated rings. The second-order valence-corrected chi connectivity index (χ2v) is 17.5. The molecule has 0 aliphatic heterocycles. The van der Waals surface area contributed by atoms with Crippen LogP contribution in [0.25, 0.3) is 16.0 Å². The molecular weight excluding hydrogens is 885 g/mol. The van der Waals surface area contributed by atoms with E-state index in [1.807, 2.05) is 75.4 Å². The summed E-state index contributed by atoms with van der Waals surface area (Å²) in [4.78, 5) is 13.5. The Morgan fingerprint density at radius 3 is 0.639 bits per heavy atom. The number of aryl methyl sites for hydroxylation is 3. The van der Waals surface area contributed by atoms with Crippen LogP contribution in [0.4, 0.5) is 34.5 Å². The van der Waals surface area contributed by atoms with Gasteiger partial charge in [-0.25, -0.2) is 0 Å². The van der Waals surface area contributed by atoms with E-state index in [0.29, 0.717) is 35.5 Å². The molecule has 3 aromatic heterocycles.